The summed E-state index contributed by atoms with van der Waals surface area (Å²) in [5.41, 5.74) is -0.695. The molecule has 4 amide bonds. The van der Waals surface area contributed by atoms with Gasteiger partial charge in [0.1, 0.15) is 24.6 Å². The van der Waals surface area contributed by atoms with E-state index < -0.39 is 35.1 Å². The smallest absolute Gasteiger partial charge is 0.291 e. The number of pyridine rings is 1. The number of ketones is 1. The highest BCUT2D eigenvalue weighted by molar-refractivity contribution is 6.36. The molecule has 5 unspecified atom stereocenters. The zero-order chi connectivity index (χ0) is 29.3. The van der Waals surface area contributed by atoms with Crippen molar-refractivity contribution in [3.63, 3.8) is 0 Å². The fourth-order valence-corrected chi connectivity index (χ4v) is 6.79. The summed E-state index contributed by atoms with van der Waals surface area (Å²) in [6.45, 7) is -0.196. The monoisotopic (exact) mass is 566 g/mol. The van der Waals surface area contributed by atoms with Crippen molar-refractivity contribution < 1.29 is 24.0 Å². The Morgan fingerprint density at radius 1 is 1.10 bits per heavy atom. The molecule has 4 saturated carbocycles. The maximum Gasteiger partial charge on any atom is 0.291 e. The quantitative estimate of drug-likeness (QED) is 0.259. The van der Waals surface area contributed by atoms with E-state index in [0.717, 1.165) is 25.2 Å². The lowest BCUT2D eigenvalue weighted by atomic mass is 9.79. The number of rotatable bonds is 11. The van der Waals surface area contributed by atoms with E-state index in [1.54, 1.807) is 7.05 Å². The van der Waals surface area contributed by atoms with Gasteiger partial charge in [-0.05, 0) is 67.9 Å². The number of carbonyl (C=O) groups is 5. The first-order valence-electron chi connectivity index (χ1n) is 13.8. The molecule has 218 valence electrons. The van der Waals surface area contributed by atoms with Gasteiger partial charge in [-0.1, -0.05) is 0 Å². The van der Waals surface area contributed by atoms with Crippen molar-refractivity contribution in [2.75, 3.05) is 12.4 Å². The molecule has 0 spiro atoms. The average Bonchev–Trinajstić information content (AvgIpc) is 3.58. The van der Waals surface area contributed by atoms with Gasteiger partial charge < -0.3 is 25.8 Å². The second kappa shape index (κ2) is 11.6. The minimum absolute atomic E-state index is 0.100. The number of carbonyl (C=O) groups excluding carboxylic acids is 5. The van der Waals surface area contributed by atoms with Gasteiger partial charge in [-0.25, -0.2) is 4.98 Å². The van der Waals surface area contributed by atoms with Crippen LogP contribution < -0.4 is 26.8 Å². The molecule has 2 aromatic heterocycles. The zero-order valence-electron chi connectivity index (χ0n) is 23.0. The van der Waals surface area contributed by atoms with Crippen LogP contribution in [0.3, 0.4) is 0 Å². The predicted molar refractivity (Wildman–Crippen MR) is 144 cm³/mol. The summed E-state index contributed by atoms with van der Waals surface area (Å²) >= 11 is 0. The van der Waals surface area contributed by atoms with Crippen molar-refractivity contribution in [2.45, 2.75) is 57.2 Å². The molecule has 4 aliphatic rings. The Balaban J connectivity index is 1.24. The second-order valence-electron chi connectivity index (χ2n) is 11.2. The van der Waals surface area contributed by atoms with Crippen molar-refractivity contribution in [1.29, 1.82) is 0 Å². The van der Waals surface area contributed by atoms with Gasteiger partial charge in [0.25, 0.3) is 17.4 Å². The molecular weight excluding hydrogens is 532 g/mol. The summed E-state index contributed by atoms with van der Waals surface area (Å²) in [5, 5.41) is 14.2. The third-order valence-corrected chi connectivity index (χ3v) is 8.54. The van der Waals surface area contributed by atoms with Crippen molar-refractivity contribution in [3.05, 3.63) is 40.8 Å². The van der Waals surface area contributed by atoms with Crippen LogP contribution in [-0.2, 0) is 32.8 Å². The van der Waals surface area contributed by atoms with E-state index in [2.05, 4.69) is 31.3 Å². The van der Waals surface area contributed by atoms with Gasteiger partial charge in [-0.2, -0.15) is 0 Å². The van der Waals surface area contributed by atoms with Gasteiger partial charge in [-0.15, -0.1) is 5.10 Å². The van der Waals surface area contributed by atoms with E-state index in [0.29, 0.717) is 17.8 Å². The molecule has 0 aromatic carbocycles. The molecule has 4 aliphatic carbocycles. The lowest BCUT2D eigenvalue weighted by Crippen LogP contribution is -2.46. The van der Waals surface area contributed by atoms with Crippen LogP contribution in [-0.4, -0.2) is 67.9 Å². The van der Waals surface area contributed by atoms with Crippen LogP contribution in [0.25, 0.3) is 0 Å². The number of nitrogens with one attached hydrogen (secondary N) is 4. The van der Waals surface area contributed by atoms with Crippen LogP contribution in [0.5, 0.6) is 0 Å². The number of aryl methyl sites for hydroxylation is 1. The highest BCUT2D eigenvalue weighted by Crippen LogP contribution is 2.58. The third-order valence-electron chi connectivity index (χ3n) is 8.54. The molecule has 41 heavy (non-hydrogen) atoms. The summed E-state index contributed by atoms with van der Waals surface area (Å²) in [7, 11) is 2.87. The normalized spacial score (nSPS) is 24.5. The number of Topliss-reactive ketones (excluding diaryl/α,β-unsaturated/α-hetero) is 1. The zero-order valence-corrected chi connectivity index (χ0v) is 23.0. The van der Waals surface area contributed by atoms with E-state index in [1.807, 2.05) is 0 Å². The Morgan fingerprint density at radius 2 is 1.88 bits per heavy atom. The maximum absolute atomic E-state index is 13.2. The molecule has 14 nitrogen and oxygen atoms in total. The van der Waals surface area contributed by atoms with E-state index >= 15 is 0 Å². The van der Waals surface area contributed by atoms with E-state index in [4.69, 9.17) is 0 Å². The van der Waals surface area contributed by atoms with Crippen molar-refractivity contribution in [3.8, 4) is 0 Å². The molecule has 6 rings (SSSR count). The minimum atomic E-state index is -1.29. The Hall–Kier alpha value is -4.36. The number of hydrogen-bond acceptors (Lipinski definition) is 8. The number of likely N-dealkylation sites (N-methyl/N-ethyl adjacent to an activating group) is 1. The van der Waals surface area contributed by atoms with Crippen molar-refractivity contribution in [2.24, 2.45) is 30.7 Å². The second-order valence-corrected chi connectivity index (χ2v) is 11.2. The minimum Gasteiger partial charge on any atom is -0.353 e. The molecule has 2 aromatic rings. The lowest BCUT2D eigenvalue weighted by molar-refractivity contribution is -0.137. The van der Waals surface area contributed by atoms with Crippen molar-refractivity contribution >= 4 is 35.1 Å². The average molecular weight is 567 g/mol. The SMILES string of the molecule is CNC(=O)C(=O)CC[C@H](NC(=O)c1ncn(C)n1)C(=O)Nc1cccn(CC(=O)NC2C3CC4CC(C3)C2C4)c1=O. The molecule has 0 aliphatic heterocycles. The summed E-state index contributed by atoms with van der Waals surface area (Å²) < 4.78 is 2.53. The summed E-state index contributed by atoms with van der Waals surface area (Å²) in [4.78, 5) is 79.4. The molecular formula is C27H34N8O6. The molecule has 0 saturated heterocycles. The molecule has 4 N–H and O–H groups in total. The number of anilines is 1. The van der Waals surface area contributed by atoms with E-state index in [9.17, 15) is 28.8 Å². The number of aromatic nitrogens is 4. The molecule has 6 atom stereocenters. The first-order chi connectivity index (χ1) is 19.6. The van der Waals surface area contributed by atoms with Gasteiger partial charge in [-0.3, -0.25) is 33.4 Å². The standard InChI is InChI=1S/C27H34N8O6/c1-28-25(39)20(36)6-5-18(30-26(40)23-29-13-34(2)33-23)24(38)31-19-4-3-7-35(27(19)41)12-21(37)32-22-16-9-14-8-15(11-16)17(22)10-14/h3-4,7,13-18,22H,5-6,8-12H2,1-2H3,(H,28,39)(H,30,40)(H,31,38)(H,32,37)/t14?,15?,16?,17?,18-,22?/m0/s1. The maximum atomic E-state index is 13.2. The Morgan fingerprint density at radius 3 is 2.59 bits per heavy atom. The molecule has 4 fully saturated rings. The van der Waals surface area contributed by atoms with Gasteiger partial charge in [0.15, 0.2) is 0 Å². The Bertz CT molecular complexity index is 1430. The number of hydrogen-bond donors (Lipinski definition) is 4. The first kappa shape index (κ1) is 28.2. The van der Waals surface area contributed by atoms with Crippen LogP contribution in [0.4, 0.5) is 5.69 Å². The largest absolute Gasteiger partial charge is 0.353 e. The van der Waals surface area contributed by atoms with E-state index in [-0.39, 0.29) is 42.8 Å². The Kier molecular flexibility index (Phi) is 7.99. The van der Waals surface area contributed by atoms with Crippen LogP contribution >= 0.6 is 0 Å². The molecule has 14 heteroatoms. The Labute approximate surface area is 235 Å². The predicted octanol–water partition coefficient (Wildman–Crippen LogP) is -0.640. The van der Waals surface area contributed by atoms with Crippen LogP contribution in [0.15, 0.2) is 29.5 Å². The summed E-state index contributed by atoms with van der Waals surface area (Å²) in [6.07, 6.45) is 6.97. The fourth-order valence-electron chi connectivity index (χ4n) is 6.79. The molecule has 2 heterocycles. The topological polar surface area (TPSA) is 186 Å². The molecule has 4 bridgehead atoms. The molecule has 0 radical (unpaired) electrons. The van der Waals surface area contributed by atoms with E-state index in [1.165, 1.54) is 47.4 Å². The third kappa shape index (κ3) is 6.05. The summed E-state index contributed by atoms with van der Waals surface area (Å²) in [6, 6.07) is 1.78. The lowest BCUT2D eigenvalue weighted by Gasteiger charge is -2.32. The van der Waals surface area contributed by atoms with Crippen LogP contribution in [0.2, 0.25) is 0 Å². The summed E-state index contributed by atoms with van der Waals surface area (Å²) in [5.74, 6) is -1.09. The van der Waals surface area contributed by atoms with Crippen LogP contribution in [0.1, 0.15) is 49.1 Å². The van der Waals surface area contributed by atoms with Gasteiger partial charge in [0.2, 0.25) is 23.4 Å². The van der Waals surface area contributed by atoms with Gasteiger partial charge in [0, 0.05) is 32.8 Å². The number of amides is 4. The van der Waals surface area contributed by atoms with Gasteiger partial charge >= 0.3 is 0 Å². The fraction of sp³-hybridized carbons (Fsp3) is 0.556. The van der Waals surface area contributed by atoms with Gasteiger partial charge in [0.05, 0.1) is 0 Å². The highest BCUT2D eigenvalue weighted by Gasteiger charge is 2.54. The van der Waals surface area contributed by atoms with Crippen LogP contribution in [0, 0.1) is 23.7 Å². The number of nitrogens with zero attached hydrogens (tertiary/aromatic N) is 4. The highest BCUT2D eigenvalue weighted by atomic mass is 16.2. The first-order valence-corrected chi connectivity index (χ1v) is 13.8. The van der Waals surface area contributed by atoms with Crippen molar-refractivity contribution in [1.82, 2.24) is 35.3 Å².